The highest BCUT2D eigenvalue weighted by molar-refractivity contribution is 6.31. The van der Waals surface area contributed by atoms with E-state index in [0.717, 1.165) is 49.1 Å². The van der Waals surface area contributed by atoms with Gasteiger partial charge in [0, 0.05) is 81.4 Å². The van der Waals surface area contributed by atoms with Crippen molar-refractivity contribution >= 4 is 82.5 Å². The Balaban J connectivity index is 1.33. The van der Waals surface area contributed by atoms with Gasteiger partial charge in [-0.05, 0) is 120 Å². The molecule has 1 saturated carbocycles. The Morgan fingerprint density at radius 3 is 1.80 bits per heavy atom. The van der Waals surface area contributed by atoms with Crippen molar-refractivity contribution in [3.05, 3.63) is 34.3 Å². The van der Waals surface area contributed by atoms with Crippen LogP contribution in [0.2, 0.25) is 5.02 Å². The first-order valence-corrected chi connectivity index (χ1v) is 34.7. The summed E-state index contributed by atoms with van der Waals surface area (Å²) in [6, 6.07) is -8.58. The van der Waals surface area contributed by atoms with E-state index >= 15 is 4.79 Å². The third kappa shape index (κ3) is 18.8. The van der Waals surface area contributed by atoms with Gasteiger partial charge in [0.2, 0.25) is 70.9 Å². The summed E-state index contributed by atoms with van der Waals surface area (Å²) in [7, 11) is 8.59. The molecule has 536 valence electrons. The Hall–Kier alpha value is -7.06. The number of likely N-dealkylation sites (tertiary alicyclic amines) is 1. The lowest BCUT2D eigenvalue weighted by Gasteiger charge is -2.45. The van der Waals surface area contributed by atoms with Crippen molar-refractivity contribution in [1.29, 1.82) is 0 Å². The fourth-order valence-electron chi connectivity index (χ4n) is 13.7. The largest absolute Gasteiger partial charge is 0.417 e. The topological polar surface area (TPSA) is 270 Å². The molecule has 11 atom stereocenters. The summed E-state index contributed by atoms with van der Waals surface area (Å²) in [4.78, 5) is 186. The molecule has 24 nitrogen and oxygen atoms in total. The van der Waals surface area contributed by atoms with Crippen molar-refractivity contribution in [1.82, 2.24) is 60.0 Å². The van der Waals surface area contributed by atoms with Crippen LogP contribution in [0.5, 0.6) is 0 Å². The Labute approximate surface area is 568 Å². The highest BCUT2D eigenvalue weighted by Crippen LogP contribution is 2.36. The third-order valence-corrected chi connectivity index (χ3v) is 21.2. The van der Waals surface area contributed by atoms with Crippen LogP contribution in [0.3, 0.4) is 0 Å². The highest BCUT2D eigenvalue weighted by atomic mass is 35.5. The van der Waals surface area contributed by atoms with E-state index < -0.39 is 166 Å². The number of halogens is 4. The molecule has 0 unspecified atom stereocenters. The Bertz CT molecular complexity index is 3000. The van der Waals surface area contributed by atoms with E-state index in [1.54, 1.807) is 25.7 Å². The van der Waals surface area contributed by atoms with Gasteiger partial charge >= 0.3 is 6.18 Å². The van der Waals surface area contributed by atoms with Crippen LogP contribution in [-0.2, 0) is 70.1 Å². The maximum Gasteiger partial charge on any atom is 0.417 e. The molecule has 0 bridgehead atoms. The molecule has 0 aromatic heterocycles. The number of hydrogen-bond acceptors (Lipinski definition) is 12. The lowest BCUT2D eigenvalue weighted by atomic mass is 9.84. The summed E-state index contributed by atoms with van der Waals surface area (Å²) in [6.07, 6.45) is 2.40. The predicted octanol–water partition coefficient (Wildman–Crippen LogP) is 4.86. The fourth-order valence-corrected chi connectivity index (χ4v) is 14.0. The molecule has 1 aromatic carbocycles. The molecule has 4 heterocycles. The average Bonchev–Trinajstić information content (AvgIpc) is 1.24. The number of rotatable bonds is 9. The van der Waals surface area contributed by atoms with Gasteiger partial charge in [-0.1, -0.05) is 83.9 Å². The van der Waals surface area contributed by atoms with E-state index in [1.807, 2.05) is 6.92 Å². The second-order valence-electron chi connectivity index (χ2n) is 27.6. The minimum absolute atomic E-state index is 0.0264. The molecule has 0 spiro atoms. The molecule has 1 aliphatic carbocycles. The summed E-state index contributed by atoms with van der Waals surface area (Å²) >= 11 is 6.11. The number of aryl methyl sites for hydroxylation is 1. The summed E-state index contributed by atoms with van der Waals surface area (Å²) in [6.45, 7) is 12.7. The summed E-state index contributed by atoms with van der Waals surface area (Å²) in [5, 5.41) is 7.93. The Morgan fingerprint density at radius 2 is 1.21 bits per heavy atom. The molecule has 3 N–H and O–H groups in total. The van der Waals surface area contributed by atoms with E-state index in [9.17, 15) is 65.9 Å². The summed E-state index contributed by atoms with van der Waals surface area (Å²) in [5.41, 5.74) is -0.733. The summed E-state index contributed by atoms with van der Waals surface area (Å²) < 4.78 is 41.3. The zero-order valence-electron chi connectivity index (χ0n) is 58.4. The Kier molecular flexibility index (Phi) is 28.0. The molecule has 12 amide bonds. The monoisotopic (exact) mass is 1370 g/mol. The molecule has 5 fully saturated rings. The third-order valence-electron chi connectivity index (χ3n) is 20.9. The minimum Gasteiger partial charge on any atom is -0.354 e. The van der Waals surface area contributed by atoms with Gasteiger partial charge in [-0.2, -0.15) is 13.2 Å². The number of fused-ring (bicyclic) bond motifs is 2. The van der Waals surface area contributed by atoms with Crippen molar-refractivity contribution in [2.75, 3.05) is 75.0 Å². The highest BCUT2D eigenvalue weighted by Gasteiger charge is 2.47. The second kappa shape index (κ2) is 34.4. The first-order valence-electron chi connectivity index (χ1n) is 34.4. The van der Waals surface area contributed by atoms with Crippen LogP contribution in [-0.4, -0.2) is 250 Å². The molecular weight excluding hydrogens is 1270 g/mol. The van der Waals surface area contributed by atoms with Gasteiger partial charge in [0.05, 0.1) is 17.0 Å². The van der Waals surface area contributed by atoms with Crippen LogP contribution in [0, 0.1) is 17.8 Å². The van der Waals surface area contributed by atoms with Gasteiger partial charge in [0.25, 0.3) is 0 Å². The Morgan fingerprint density at radius 1 is 0.594 bits per heavy atom. The van der Waals surface area contributed by atoms with Gasteiger partial charge in [0.1, 0.15) is 60.4 Å². The first-order chi connectivity index (χ1) is 45.1. The van der Waals surface area contributed by atoms with Crippen molar-refractivity contribution in [2.24, 2.45) is 17.8 Å². The maximum absolute atomic E-state index is 15.0. The normalized spacial score (nSPS) is 28.2. The zero-order valence-corrected chi connectivity index (χ0v) is 59.2. The SMILES string of the molecule is CC[C@H](C)[C@@H]1NC(=O)[C@H](C)N(C)C(=O)C[C@@H](C(=O)N2CCCC2)N(C)C(=O)[C@H](C(C)C)N(C)C(=O)CCCCNC(=O)[C@@H]2CCCN2C(=O)[C@H](CCc2ccc(C(F)(F)F)c(Cl)c2)NC(=O)[C@@H](C)N(C)C(=O)[C@H](CC2CCCCC2)N(C)C(=O)[C@@H]2CCN2C(=O)[C@H](C)N(C)C1=O. The van der Waals surface area contributed by atoms with Crippen molar-refractivity contribution in [2.45, 2.75) is 231 Å². The summed E-state index contributed by atoms with van der Waals surface area (Å²) in [5.74, 6) is -8.04. The van der Waals surface area contributed by atoms with Gasteiger partial charge in [-0.25, -0.2) is 0 Å². The van der Waals surface area contributed by atoms with E-state index in [2.05, 4.69) is 16.0 Å². The van der Waals surface area contributed by atoms with Crippen LogP contribution in [0.1, 0.15) is 169 Å². The van der Waals surface area contributed by atoms with Gasteiger partial charge in [-0.3, -0.25) is 57.5 Å². The second-order valence-corrected chi connectivity index (χ2v) is 28.0. The van der Waals surface area contributed by atoms with Gasteiger partial charge in [0.15, 0.2) is 0 Å². The molecular formula is C68H104ClF3N12O12. The van der Waals surface area contributed by atoms with Crippen LogP contribution in [0.25, 0.3) is 0 Å². The number of benzene rings is 1. The van der Waals surface area contributed by atoms with Crippen LogP contribution < -0.4 is 16.0 Å². The molecule has 4 saturated heterocycles. The van der Waals surface area contributed by atoms with Crippen LogP contribution in [0.15, 0.2) is 18.2 Å². The molecule has 96 heavy (non-hydrogen) atoms. The number of alkyl halides is 3. The van der Waals surface area contributed by atoms with Crippen molar-refractivity contribution in [3.63, 3.8) is 0 Å². The van der Waals surface area contributed by atoms with E-state index in [4.69, 9.17) is 11.6 Å². The van der Waals surface area contributed by atoms with Gasteiger partial charge < -0.3 is 60.0 Å². The molecule has 1 aromatic rings. The van der Waals surface area contributed by atoms with Crippen molar-refractivity contribution < 1.29 is 70.7 Å². The molecule has 5 aliphatic rings. The van der Waals surface area contributed by atoms with E-state index in [0.29, 0.717) is 50.8 Å². The number of amides is 12. The zero-order chi connectivity index (χ0) is 71.4. The number of nitrogens with one attached hydrogen (secondary N) is 3. The lowest BCUT2D eigenvalue weighted by molar-refractivity contribution is -0.160. The maximum atomic E-state index is 15.0. The van der Waals surface area contributed by atoms with E-state index in [1.165, 1.54) is 103 Å². The number of hydrogen-bond donors (Lipinski definition) is 3. The molecule has 6 rings (SSSR count). The van der Waals surface area contributed by atoms with Crippen molar-refractivity contribution in [3.8, 4) is 0 Å². The molecule has 0 radical (unpaired) electrons. The number of carbonyl (C=O) groups excluding carboxylic acids is 12. The lowest BCUT2D eigenvalue weighted by Crippen LogP contribution is -2.65. The standard InChI is InChI=1S/C68H104ClF3N12O12/c1-14-41(4)56-66(95)78(10)44(7)61(90)84-36-31-51(84)63(92)79(11)52(38-45-23-16-15-17-24-45)64(93)77(9)43(6)58(87)74-49(30-28-46-27-29-47(48(69)37-46)68(70,71)72)62(91)83-35-22-25-50(83)60(89)73-32-19-18-26-54(85)81(13)57(40(2)3)67(96)80(12)53(65(94)82-33-20-21-34-82)39-55(86)76(8)42(5)59(88)75-56/h27,29,37,40-45,49-53,56-57H,14-26,28,30-36,38-39H2,1-13H3,(H,73,89)(H,74,87)(H,75,88)/t41-,42-,43+,44-,49-,50-,51-,52-,53-,56-,57-/m0/s1. The molecule has 28 heteroatoms. The van der Waals surface area contributed by atoms with E-state index in [-0.39, 0.29) is 70.5 Å². The smallest absolute Gasteiger partial charge is 0.354 e. The van der Waals surface area contributed by atoms with Gasteiger partial charge in [-0.15, -0.1) is 0 Å². The number of nitrogens with zero attached hydrogens (tertiary/aromatic N) is 9. The first kappa shape index (κ1) is 77.9. The predicted molar refractivity (Wildman–Crippen MR) is 353 cm³/mol. The van der Waals surface area contributed by atoms with Crippen LogP contribution in [0.4, 0.5) is 13.2 Å². The minimum atomic E-state index is -4.74. The average molecular weight is 1370 g/mol. The quantitative estimate of drug-likeness (QED) is 0.299. The fraction of sp³-hybridized carbons (Fsp3) is 0.735. The van der Waals surface area contributed by atoms with Crippen LogP contribution >= 0.6 is 11.6 Å². The number of carbonyl (C=O) groups is 12. The number of likely N-dealkylation sites (N-methyl/N-ethyl adjacent to an activating group) is 6. The molecule has 4 aliphatic heterocycles.